The molecule has 4 bridgehead atoms. The van der Waals surface area contributed by atoms with E-state index in [1.165, 1.54) is 13.8 Å². The van der Waals surface area contributed by atoms with E-state index in [0.717, 1.165) is 13.0 Å². The summed E-state index contributed by atoms with van der Waals surface area (Å²) in [5, 5.41) is 62.4. The highest BCUT2D eigenvalue weighted by molar-refractivity contribution is 5.79. The Labute approximate surface area is 306 Å². The topological polar surface area (TPSA) is 193 Å². The van der Waals surface area contributed by atoms with E-state index in [-0.39, 0.29) is 25.3 Å². The Bertz CT molecular complexity index is 1470. The lowest BCUT2D eigenvalue weighted by molar-refractivity contribution is -0.301. The van der Waals surface area contributed by atoms with Crippen molar-refractivity contribution in [2.75, 3.05) is 13.1 Å². The summed E-state index contributed by atoms with van der Waals surface area (Å²) in [6, 6.07) is -0.276. The van der Waals surface area contributed by atoms with Crippen molar-refractivity contribution in [3.63, 3.8) is 0 Å². The van der Waals surface area contributed by atoms with Crippen molar-refractivity contribution in [1.29, 1.82) is 0 Å². The minimum atomic E-state index is -2.09. The summed E-state index contributed by atoms with van der Waals surface area (Å²) in [7, 11) is 0. The number of aliphatic hydroxyl groups is 5. The standard InChI is InChI=1S/C39H61NO12/c1-9-20(4)32(43)50-27-13-14-34(6)25-15-24(49-21(5)41)30-37(34,52-39(25,27)48)16-23-22-18-40-17-19(3)11-12-26(40)36(8,46)28(22)29(42)31(38(23,30)47)51-33(44)35(7,45)10-2/h19-20,22-31,42,45-48H,9-18H2,1-8H3/t19-,20?,22?,23?,24+,25?,26-,27-,28?,29+,30?,31-,34-,35?,36+,37-,38-,39-/m0/s1. The summed E-state index contributed by atoms with van der Waals surface area (Å²) in [6.45, 7) is 14.9. The lowest BCUT2D eigenvalue weighted by Crippen LogP contribution is -2.77. The summed E-state index contributed by atoms with van der Waals surface area (Å²) in [5.74, 6) is -7.97. The third-order valence-electron chi connectivity index (χ3n) is 15.7. The number of esters is 3. The molecule has 0 aromatic rings. The van der Waals surface area contributed by atoms with Gasteiger partial charge < -0.3 is 44.5 Å². The number of carbonyl (C=O) groups excluding carboxylic acids is 3. The zero-order valence-electron chi connectivity index (χ0n) is 32.0. The van der Waals surface area contributed by atoms with Gasteiger partial charge in [0.2, 0.25) is 5.79 Å². The van der Waals surface area contributed by atoms with Gasteiger partial charge in [-0.15, -0.1) is 0 Å². The molecule has 18 atom stereocenters. The van der Waals surface area contributed by atoms with Gasteiger partial charge in [-0.05, 0) is 83.0 Å². The highest BCUT2D eigenvalue weighted by Crippen LogP contribution is 2.77. The summed E-state index contributed by atoms with van der Waals surface area (Å²) < 4.78 is 25.2. The van der Waals surface area contributed by atoms with Crippen LogP contribution in [0, 0.1) is 46.8 Å². The number of hydrogen-bond acceptors (Lipinski definition) is 13. The molecule has 0 amide bonds. The Morgan fingerprint density at radius 3 is 2.37 bits per heavy atom. The first-order valence-electron chi connectivity index (χ1n) is 19.7. The van der Waals surface area contributed by atoms with Crippen LogP contribution in [0.25, 0.3) is 0 Å². The molecule has 13 nitrogen and oxygen atoms in total. The minimum Gasteiger partial charge on any atom is -0.462 e. The maximum absolute atomic E-state index is 13.8. The Morgan fingerprint density at radius 2 is 1.73 bits per heavy atom. The van der Waals surface area contributed by atoms with Crippen molar-refractivity contribution >= 4 is 17.9 Å². The van der Waals surface area contributed by atoms with E-state index in [0.29, 0.717) is 38.1 Å². The van der Waals surface area contributed by atoms with Crippen molar-refractivity contribution in [2.24, 2.45) is 46.8 Å². The van der Waals surface area contributed by atoms with Crippen LogP contribution in [0.5, 0.6) is 0 Å². The molecule has 3 saturated heterocycles. The molecule has 294 valence electrons. The normalized spacial score (nSPS) is 52.2. The number of fused-ring (bicyclic) bond motifs is 5. The number of piperidine rings is 2. The smallest absolute Gasteiger partial charge is 0.338 e. The van der Waals surface area contributed by atoms with Gasteiger partial charge in [-0.25, -0.2) is 4.79 Å². The van der Waals surface area contributed by atoms with E-state index in [1.54, 1.807) is 20.8 Å². The van der Waals surface area contributed by atoms with E-state index in [9.17, 15) is 39.9 Å². The largest absolute Gasteiger partial charge is 0.462 e. The SMILES string of the molecule is CCC(C)C(=O)O[C@H]1CC[C@@]2(C)C3C[C@@H](OC(C)=O)C4[C@@]5(O)C(C[C@]42O[C@@]31O)C1CN2C[C@@H](C)CC[C@H]2[C@@](C)(O)C1[C@@H](O)[C@@H]5OC(=O)C(C)(O)CC. The van der Waals surface area contributed by atoms with Crippen LogP contribution < -0.4 is 0 Å². The van der Waals surface area contributed by atoms with E-state index >= 15 is 0 Å². The van der Waals surface area contributed by atoms with Crippen molar-refractivity contribution in [2.45, 2.75) is 165 Å². The molecule has 0 radical (unpaired) electrons. The molecule has 52 heavy (non-hydrogen) atoms. The van der Waals surface area contributed by atoms with Crippen molar-refractivity contribution in [1.82, 2.24) is 4.90 Å². The third-order valence-corrected chi connectivity index (χ3v) is 15.7. The van der Waals surface area contributed by atoms with Crippen LogP contribution in [0.1, 0.15) is 107 Å². The van der Waals surface area contributed by atoms with Gasteiger partial charge in [0.1, 0.15) is 11.7 Å². The van der Waals surface area contributed by atoms with E-state index in [2.05, 4.69) is 11.8 Å². The first-order chi connectivity index (χ1) is 24.1. The van der Waals surface area contributed by atoms with Crippen LogP contribution >= 0.6 is 0 Å². The number of nitrogens with zero attached hydrogens (tertiary/aromatic N) is 1. The molecule has 3 heterocycles. The molecule has 1 spiro atoms. The predicted molar refractivity (Wildman–Crippen MR) is 184 cm³/mol. The van der Waals surface area contributed by atoms with Gasteiger partial charge in [0.05, 0.1) is 29.1 Å². The average molecular weight is 736 g/mol. The molecule has 5 N–H and O–H groups in total. The molecule has 3 aliphatic heterocycles. The Kier molecular flexibility index (Phi) is 9.10. The number of carbonyl (C=O) groups is 3. The molecule has 4 saturated carbocycles. The van der Waals surface area contributed by atoms with Crippen molar-refractivity contribution in [3.8, 4) is 0 Å². The van der Waals surface area contributed by atoms with Crippen LogP contribution in [0.2, 0.25) is 0 Å². The summed E-state index contributed by atoms with van der Waals surface area (Å²) in [6.07, 6.45) is -2.13. The molecule has 7 aliphatic rings. The van der Waals surface area contributed by atoms with Gasteiger partial charge >= 0.3 is 17.9 Å². The zero-order valence-corrected chi connectivity index (χ0v) is 32.0. The molecule has 7 unspecified atom stereocenters. The molecular weight excluding hydrogens is 674 g/mol. The first-order valence-corrected chi connectivity index (χ1v) is 19.7. The summed E-state index contributed by atoms with van der Waals surface area (Å²) >= 11 is 0. The average Bonchev–Trinajstić information content (AvgIpc) is 3.34. The fourth-order valence-corrected chi connectivity index (χ4v) is 12.8. The second-order valence-corrected chi connectivity index (χ2v) is 18.6. The van der Waals surface area contributed by atoms with Gasteiger partial charge in [0.15, 0.2) is 17.8 Å². The van der Waals surface area contributed by atoms with Crippen LogP contribution in [0.15, 0.2) is 0 Å². The third kappa shape index (κ3) is 5.01. The molecule has 7 rings (SSSR count). The van der Waals surface area contributed by atoms with Crippen molar-refractivity contribution in [3.05, 3.63) is 0 Å². The molecule has 13 heteroatoms. The lowest BCUT2D eigenvalue weighted by Gasteiger charge is -2.64. The molecule has 7 fully saturated rings. The Hall–Kier alpha value is -1.87. The molecular formula is C39H61NO12. The maximum Gasteiger partial charge on any atom is 0.338 e. The fourth-order valence-electron chi connectivity index (χ4n) is 12.8. The predicted octanol–water partition coefficient (Wildman–Crippen LogP) is 2.07. The van der Waals surface area contributed by atoms with Crippen LogP contribution in [0.3, 0.4) is 0 Å². The van der Waals surface area contributed by atoms with Gasteiger partial charge in [-0.2, -0.15) is 0 Å². The first kappa shape index (κ1) is 38.4. The zero-order chi connectivity index (χ0) is 38.1. The van der Waals surface area contributed by atoms with E-state index in [4.69, 9.17) is 18.9 Å². The van der Waals surface area contributed by atoms with Crippen molar-refractivity contribution < 1.29 is 58.9 Å². The van der Waals surface area contributed by atoms with Crippen LogP contribution in [0.4, 0.5) is 0 Å². The number of rotatable bonds is 7. The highest BCUT2D eigenvalue weighted by Gasteiger charge is 2.87. The second-order valence-electron chi connectivity index (χ2n) is 18.6. The molecule has 4 aliphatic carbocycles. The highest BCUT2D eigenvalue weighted by atomic mass is 16.7. The van der Waals surface area contributed by atoms with E-state index < -0.39 is 111 Å². The second kappa shape index (κ2) is 12.3. The summed E-state index contributed by atoms with van der Waals surface area (Å²) in [4.78, 5) is 42.0. The summed E-state index contributed by atoms with van der Waals surface area (Å²) in [5.41, 5.74) is -7.68. The molecule has 0 aromatic carbocycles. The lowest BCUT2D eigenvalue weighted by atomic mass is 9.49. The number of aliphatic hydroxyl groups excluding tert-OH is 1. The molecule has 0 aromatic heterocycles. The van der Waals surface area contributed by atoms with Crippen LogP contribution in [-0.2, 0) is 33.3 Å². The Morgan fingerprint density at radius 1 is 1.04 bits per heavy atom. The van der Waals surface area contributed by atoms with Gasteiger partial charge in [0, 0.05) is 43.3 Å². The Balaban J connectivity index is 1.40. The van der Waals surface area contributed by atoms with Gasteiger partial charge in [0.25, 0.3) is 0 Å². The minimum absolute atomic E-state index is 0.00554. The van der Waals surface area contributed by atoms with Crippen LogP contribution in [-0.4, -0.2) is 120 Å². The number of ether oxygens (including phenoxy) is 4. The van der Waals surface area contributed by atoms with E-state index in [1.807, 2.05) is 13.8 Å². The van der Waals surface area contributed by atoms with Gasteiger partial charge in [-0.1, -0.05) is 34.6 Å². The maximum atomic E-state index is 13.8. The van der Waals surface area contributed by atoms with Gasteiger partial charge in [-0.3, -0.25) is 14.5 Å². The monoisotopic (exact) mass is 735 g/mol. The fraction of sp³-hybridized carbons (Fsp3) is 0.923. The quantitative estimate of drug-likeness (QED) is 0.189. The number of hydrogen-bond donors (Lipinski definition) is 5.